The maximum absolute atomic E-state index is 12.3. The molecule has 0 bridgehead atoms. The maximum Gasteiger partial charge on any atom is 0.220 e. The van der Waals surface area contributed by atoms with Gasteiger partial charge in [0.25, 0.3) is 0 Å². The van der Waals surface area contributed by atoms with Gasteiger partial charge in [-0.05, 0) is 57.8 Å². The van der Waals surface area contributed by atoms with Crippen LogP contribution in [0.2, 0.25) is 0 Å². The van der Waals surface area contributed by atoms with Crippen LogP contribution in [0, 0.1) is 0 Å². The Labute approximate surface area is 292 Å². The second-order valence-corrected chi connectivity index (χ2v) is 13.3. The molecule has 0 aromatic heterocycles. The topological polar surface area (TPSA) is 69.6 Å². The fourth-order valence-electron chi connectivity index (χ4n) is 5.70. The fraction of sp³-hybridized carbons (Fsp3) is 0.744. The number of hydrogen-bond acceptors (Lipinski definition) is 3. The zero-order valence-corrected chi connectivity index (χ0v) is 31.0. The molecule has 0 aromatic rings. The molecule has 0 radical (unpaired) electrons. The number of carbonyl (C=O) groups excluding carboxylic acids is 1. The van der Waals surface area contributed by atoms with E-state index in [9.17, 15) is 15.0 Å². The van der Waals surface area contributed by atoms with Crippen molar-refractivity contribution in [3.8, 4) is 0 Å². The lowest BCUT2D eigenvalue weighted by molar-refractivity contribution is -0.123. The summed E-state index contributed by atoms with van der Waals surface area (Å²) in [5.41, 5.74) is 0. The van der Waals surface area contributed by atoms with Gasteiger partial charge in [0.15, 0.2) is 0 Å². The van der Waals surface area contributed by atoms with Crippen LogP contribution in [-0.4, -0.2) is 34.9 Å². The lowest BCUT2D eigenvalue weighted by atomic mass is 10.0. The highest BCUT2D eigenvalue weighted by atomic mass is 16.3. The Morgan fingerprint density at radius 3 is 1.40 bits per heavy atom. The molecule has 47 heavy (non-hydrogen) atoms. The summed E-state index contributed by atoms with van der Waals surface area (Å²) in [4.78, 5) is 12.3. The standard InChI is InChI=1S/C43H77NO3/c1-3-5-7-9-11-13-15-17-19-21-22-23-25-27-29-31-33-35-37-39-43(47)44-41(40-45)42(46)38-36-34-32-30-28-26-24-20-18-16-14-12-10-8-6-4-2/h5,7,11,13,17,19,22-23,36,38,41-42,45-46H,3-4,6,8-10,12,14-16,18,20-21,24-35,37,39-40H2,1-2H3,(H,44,47)/b7-5-,13-11-,19-17-,23-22-,38-36+. The van der Waals surface area contributed by atoms with Gasteiger partial charge in [0, 0.05) is 6.42 Å². The molecule has 0 saturated heterocycles. The molecule has 272 valence electrons. The van der Waals surface area contributed by atoms with Gasteiger partial charge in [-0.3, -0.25) is 4.79 Å². The summed E-state index contributed by atoms with van der Waals surface area (Å²) >= 11 is 0. The Morgan fingerprint density at radius 1 is 0.532 bits per heavy atom. The monoisotopic (exact) mass is 656 g/mol. The zero-order valence-electron chi connectivity index (χ0n) is 31.0. The Bertz CT molecular complexity index is 797. The van der Waals surface area contributed by atoms with E-state index in [2.05, 4.69) is 67.8 Å². The summed E-state index contributed by atoms with van der Waals surface area (Å²) < 4.78 is 0. The van der Waals surface area contributed by atoms with Crippen molar-refractivity contribution < 1.29 is 15.0 Å². The number of amides is 1. The van der Waals surface area contributed by atoms with Crippen LogP contribution >= 0.6 is 0 Å². The summed E-state index contributed by atoms with van der Waals surface area (Å²) in [5.74, 6) is -0.0807. The van der Waals surface area contributed by atoms with Crippen LogP contribution in [0.3, 0.4) is 0 Å². The molecule has 0 aliphatic heterocycles. The second kappa shape index (κ2) is 38.5. The van der Waals surface area contributed by atoms with E-state index in [1.165, 1.54) is 103 Å². The van der Waals surface area contributed by atoms with E-state index in [0.29, 0.717) is 6.42 Å². The quantitative estimate of drug-likeness (QED) is 0.0470. The minimum atomic E-state index is -0.846. The molecule has 0 fully saturated rings. The van der Waals surface area contributed by atoms with Crippen LogP contribution in [-0.2, 0) is 4.79 Å². The molecule has 1 amide bonds. The molecule has 4 nitrogen and oxygen atoms in total. The van der Waals surface area contributed by atoms with E-state index in [1.54, 1.807) is 6.08 Å². The van der Waals surface area contributed by atoms with Gasteiger partial charge in [-0.15, -0.1) is 0 Å². The molecule has 3 N–H and O–H groups in total. The number of unbranched alkanes of at least 4 members (excludes halogenated alkanes) is 20. The minimum absolute atomic E-state index is 0.0807. The average Bonchev–Trinajstić information content (AvgIpc) is 3.07. The second-order valence-electron chi connectivity index (χ2n) is 13.3. The van der Waals surface area contributed by atoms with Crippen molar-refractivity contribution >= 4 is 5.91 Å². The van der Waals surface area contributed by atoms with Crippen molar-refractivity contribution in [3.05, 3.63) is 60.8 Å². The Morgan fingerprint density at radius 2 is 0.936 bits per heavy atom. The number of rotatable bonds is 35. The number of hydrogen-bond donors (Lipinski definition) is 3. The lowest BCUT2D eigenvalue weighted by Crippen LogP contribution is -2.45. The van der Waals surface area contributed by atoms with Crippen molar-refractivity contribution in [2.24, 2.45) is 0 Å². The van der Waals surface area contributed by atoms with Gasteiger partial charge in [0.2, 0.25) is 5.91 Å². The van der Waals surface area contributed by atoms with Crippen LogP contribution in [0.4, 0.5) is 0 Å². The molecular weight excluding hydrogens is 578 g/mol. The normalized spacial score (nSPS) is 13.7. The highest BCUT2D eigenvalue weighted by Gasteiger charge is 2.17. The van der Waals surface area contributed by atoms with Crippen LogP contribution in [0.15, 0.2) is 60.8 Å². The van der Waals surface area contributed by atoms with Crippen molar-refractivity contribution in [3.63, 3.8) is 0 Å². The van der Waals surface area contributed by atoms with Crippen LogP contribution < -0.4 is 5.32 Å². The summed E-state index contributed by atoms with van der Waals surface area (Å²) in [5, 5.41) is 22.9. The molecular formula is C43H77NO3. The highest BCUT2D eigenvalue weighted by Crippen LogP contribution is 2.14. The van der Waals surface area contributed by atoms with Gasteiger partial charge < -0.3 is 15.5 Å². The Kier molecular flexibility index (Phi) is 37.0. The molecule has 0 rings (SSSR count). The van der Waals surface area contributed by atoms with Crippen molar-refractivity contribution in [1.29, 1.82) is 0 Å². The van der Waals surface area contributed by atoms with Gasteiger partial charge in [-0.25, -0.2) is 0 Å². The van der Waals surface area contributed by atoms with E-state index < -0.39 is 12.1 Å². The molecule has 0 aliphatic rings. The average molecular weight is 656 g/mol. The summed E-state index contributed by atoms with van der Waals surface area (Å²) in [6, 6.07) is -0.631. The van der Waals surface area contributed by atoms with Crippen molar-refractivity contribution in [2.75, 3.05) is 6.61 Å². The van der Waals surface area contributed by atoms with Crippen molar-refractivity contribution in [2.45, 2.75) is 199 Å². The molecule has 4 heteroatoms. The van der Waals surface area contributed by atoms with Gasteiger partial charge in [-0.2, -0.15) is 0 Å². The Hall–Kier alpha value is -1.91. The number of allylic oxidation sites excluding steroid dienone is 9. The van der Waals surface area contributed by atoms with Gasteiger partial charge in [0.05, 0.1) is 18.8 Å². The lowest BCUT2D eigenvalue weighted by Gasteiger charge is -2.20. The molecule has 2 unspecified atom stereocenters. The molecule has 2 atom stereocenters. The molecule has 0 aromatic carbocycles. The fourth-order valence-corrected chi connectivity index (χ4v) is 5.70. The third-order valence-corrected chi connectivity index (χ3v) is 8.76. The van der Waals surface area contributed by atoms with Crippen LogP contribution in [0.1, 0.15) is 187 Å². The highest BCUT2D eigenvalue weighted by molar-refractivity contribution is 5.76. The smallest absolute Gasteiger partial charge is 0.220 e. The molecule has 0 heterocycles. The molecule has 0 aliphatic carbocycles. The zero-order chi connectivity index (χ0) is 34.3. The third-order valence-electron chi connectivity index (χ3n) is 8.76. The van der Waals surface area contributed by atoms with Crippen LogP contribution in [0.25, 0.3) is 0 Å². The third kappa shape index (κ3) is 35.2. The maximum atomic E-state index is 12.3. The predicted molar refractivity (Wildman–Crippen MR) is 207 cm³/mol. The van der Waals surface area contributed by atoms with Gasteiger partial charge >= 0.3 is 0 Å². The van der Waals surface area contributed by atoms with E-state index in [0.717, 1.165) is 64.2 Å². The largest absolute Gasteiger partial charge is 0.394 e. The number of carbonyl (C=O) groups is 1. The summed E-state index contributed by atoms with van der Waals surface area (Å²) in [6.45, 7) is 4.18. The van der Waals surface area contributed by atoms with E-state index in [-0.39, 0.29) is 12.5 Å². The minimum Gasteiger partial charge on any atom is -0.394 e. The number of aliphatic hydroxyl groups is 2. The first-order chi connectivity index (χ1) is 23.2. The van der Waals surface area contributed by atoms with E-state index in [4.69, 9.17) is 0 Å². The number of nitrogens with one attached hydrogen (secondary N) is 1. The van der Waals surface area contributed by atoms with E-state index >= 15 is 0 Å². The predicted octanol–water partition coefficient (Wildman–Crippen LogP) is 12.2. The van der Waals surface area contributed by atoms with E-state index in [1.807, 2.05) is 6.08 Å². The summed E-state index contributed by atoms with van der Waals surface area (Å²) in [7, 11) is 0. The van der Waals surface area contributed by atoms with Crippen molar-refractivity contribution in [1.82, 2.24) is 5.32 Å². The van der Waals surface area contributed by atoms with Crippen LogP contribution in [0.5, 0.6) is 0 Å². The first-order valence-electron chi connectivity index (χ1n) is 20.0. The first-order valence-corrected chi connectivity index (χ1v) is 20.0. The SMILES string of the molecule is CC/C=C\C/C=C\C/C=C\C/C=C\CCCCCCCCC(=O)NC(CO)C(O)/C=C/CCCCCCCCCCCCCCCC. The summed E-state index contributed by atoms with van der Waals surface area (Å²) in [6.07, 6.45) is 53.1. The Balaban J connectivity index is 3.66. The first kappa shape index (κ1) is 45.1. The number of aliphatic hydroxyl groups excluding tert-OH is 2. The molecule has 0 spiro atoms. The van der Waals surface area contributed by atoms with Gasteiger partial charge in [0.1, 0.15) is 0 Å². The van der Waals surface area contributed by atoms with Gasteiger partial charge in [-0.1, -0.05) is 184 Å². The molecule has 0 saturated carbocycles.